The number of methoxy groups -OCH3 is 1. The highest BCUT2D eigenvalue weighted by Gasteiger charge is 2.10. The lowest BCUT2D eigenvalue weighted by Crippen LogP contribution is -2.20. The first-order valence-electron chi connectivity index (χ1n) is 7.45. The summed E-state index contributed by atoms with van der Waals surface area (Å²) in [7, 11) is 1.55. The van der Waals surface area contributed by atoms with E-state index in [4.69, 9.17) is 9.47 Å². The fourth-order valence-electron chi connectivity index (χ4n) is 2.47. The van der Waals surface area contributed by atoms with Crippen molar-refractivity contribution in [2.24, 2.45) is 0 Å². The highest BCUT2D eigenvalue weighted by atomic mass is 16.5. The van der Waals surface area contributed by atoms with Crippen LogP contribution < -0.4 is 14.8 Å². The molecule has 0 saturated heterocycles. The van der Waals surface area contributed by atoms with E-state index in [1.165, 1.54) is 0 Å². The average molecular weight is 323 g/mol. The Hall–Kier alpha value is -3.21. The predicted octanol–water partition coefficient (Wildman–Crippen LogP) is 3.57. The van der Waals surface area contributed by atoms with Crippen LogP contribution in [0, 0.1) is 0 Å². The molecule has 3 aromatic carbocycles. The van der Waals surface area contributed by atoms with Crippen molar-refractivity contribution in [2.45, 2.75) is 0 Å². The lowest BCUT2D eigenvalue weighted by molar-refractivity contribution is -0.118. The van der Waals surface area contributed by atoms with Gasteiger partial charge in [-0.15, -0.1) is 0 Å². The summed E-state index contributed by atoms with van der Waals surface area (Å²) in [6, 6.07) is 17.7. The first kappa shape index (κ1) is 15.7. The molecule has 0 saturated carbocycles. The molecule has 0 aliphatic rings. The summed E-state index contributed by atoms with van der Waals surface area (Å²) in [6.07, 6.45) is 0. The molecule has 0 unspecified atom stereocenters. The third-order valence-electron chi connectivity index (χ3n) is 3.60. The van der Waals surface area contributed by atoms with Crippen LogP contribution in [0.4, 0.5) is 5.69 Å². The number of amides is 1. The summed E-state index contributed by atoms with van der Waals surface area (Å²) >= 11 is 0. The van der Waals surface area contributed by atoms with Gasteiger partial charge in [0.25, 0.3) is 5.91 Å². The fraction of sp³-hybridized carbons (Fsp3) is 0.105. The molecule has 2 N–H and O–H groups in total. The van der Waals surface area contributed by atoms with E-state index in [0.29, 0.717) is 22.6 Å². The standard InChI is InChI=1S/C19H17NO4/c1-23-17-10-2-3-11-18(17)24-12-19(22)20-15-8-4-7-14-13(15)6-5-9-16(14)21/h2-11,21H,12H2,1H3,(H,20,22). The van der Waals surface area contributed by atoms with Gasteiger partial charge in [-0.25, -0.2) is 0 Å². The Labute approximate surface area is 139 Å². The van der Waals surface area contributed by atoms with Crippen molar-refractivity contribution in [3.8, 4) is 17.2 Å². The molecule has 24 heavy (non-hydrogen) atoms. The number of aromatic hydroxyl groups is 1. The van der Waals surface area contributed by atoms with E-state index >= 15 is 0 Å². The number of carbonyl (C=O) groups excluding carboxylic acids is 1. The first-order valence-corrected chi connectivity index (χ1v) is 7.45. The number of benzene rings is 3. The Morgan fingerprint density at radius 3 is 2.46 bits per heavy atom. The third kappa shape index (κ3) is 3.25. The van der Waals surface area contributed by atoms with Crippen LogP contribution in [0.2, 0.25) is 0 Å². The number of nitrogens with one attached hydrogen (secondary N) is 1. The van der Waals surface area contributed by atoms with Gasteiger partial charge in [-0.1, -0.05) is 36.4 Å². The van der Waals surface area contributed by atoms with Crippen molar-refractivity contribution in [3.05, 3.63) is 60.7 Å². The van der Waals surface area contributed by atoms with Crippen molar-refractivity contribution >= 4 is 22.4 Å². The number of para-hydroxylation sites is 2. The van der Waals surface area contributed by atoms with Crippen LogP contribution in [-0.2, 0) is 4.79 Å². The minimum absolute atomic E-state index is 0.143. The molecule has 5 nitrogen and oxygen atoms in total. The zero-order chi connectivity index (χ0) is 16.9. The number of fused-ring (bicyclic) bond motifs is 1. The maximum Gasteiger partial charge on any atom is 0.262 e. The maximum atomic E-state index is 12.2. The summed E-state index contributed by atoms with van der Waals surface area (Å²) in [5.41, 5.74) is 0.622. The molecule has 0 spiro atoms. The molecule has 0 aromatic heterocycles. The van der Waals surface area contributed by atoms with E-state index in [0.717, 1.165) is 5.39 Å². The van der Waals surface area contributed by atoms with Crippen LogP contribution in [0.25, 0.3) is 10.8 Å². The van der Waals surface area contributed by atoms with Gasteiger partial charge in [0.2, 0.25) is 0 Å². The second-order valence-electron chi connectivity index (χ2n) is 5.17. The lowest BCUT2D eigenvalue weighted by atomic mass is 10.1. The van der Waals surface area contributed by atoms with Gasteiger partial charge in [-0.2, -0.15) is 0 Å². The number of anilines is 1. The summed E-state index contributed by atoms with van der Waals surface area (Å²) < 4.78 is 10.7. The average Bonchev–Trinajstić information content (AvgIpc) is 2.61. The Morgan fingerprint density at radius 2 is 1.67 bits per heavy atom. The first-order chi connectivity index (χ1) is 11.7. The fourth-order valence-corrected chi connectivity index (χ4v) is 2.47. The van der Waals surface area contributed by atoms with Gasteiger partial charge >= 0.3 is 0 Å². The van der Waals surface area contributed by atoms with Gasteiger partial charge in [-0.05, 0) is 24.3 Å². The van der Waals surface area contributed by atoms with Crippen LogP contribution in [0.5, 0.6) is 17.2 Å². The summed E-state index contributed by atoms with van der Waals surface area (Å²) in [4.78, 5) is 12.2. The Bertz CT molecular complexity index is 876. The zero-order valence-electron chi connectivity index (χ0n) is 13.2. The zero-order valence-corrected chi connectivity index (χ0v) is 13.2. The van der Waals surface area contributed by atoms with E-state index in [2.05, 4.69) is 5.32 Å². The van der Waals surface area contributed by atoms with Crippen molar-refractivity contribution in [1.82, 2.24) is 0 Å². The van der Waals surface area contributed by atoms with E-state index in [9.17, 15) is 9.90 Å². The van der Waals surface area contributed by atoms with Crippen LogP contribution >= 0.6 is 0 Å². The number of phenolic OH excluding ortho intramolecular Hbond substituents is 1. The Morgan fingerprint density at radius 1 is 0.958 bits per heavy atom. The molecule has 0 aliphatic carbocycles. The van der Waals surface area contributed by atoms with Crippen LogP contribution in [0.1, 0.15) is 0 Å². The topological polar surface area (TPSA) is 67.8 Å². The molecule has 0 fully saturated rings. The van der Waals surface area contributed by atoms with Gasteiger partial charge in [0, 0.05) is 16.5 Å². The second kappa shape index (κ2) is 6.91. The molecule has 0 atom stereocenters. The van der Waals surface area contributed by atoms with Crippen LogP contribution in [0.15, 0.2) is 60.7 Å². The summed E-state index contributed by atoms with van der Waals surface area (Å²) in [6.45, 7) is -0.143. The molecule has 0 radical (unpaired) electrons. The molecular weight excluding hydrogens is 306 g/mol. The summed E-state index contributed by atoms with van der Waals surface area (Å²) in [5.74, 6) is 0.955. The number of ether oxygens (including phenoxy) is 2. The molecule has 5 heteroatoms. The van der Waals surface area contributed by atoms with E-state index in [-0.39, 0.29) is 18.3 Å². The lowest BCUT2D eigenvalue weighted by Gasteiger charge is -2.12. The van der Waals surface area contributed by atoms with Crippen molar-refractivity contribution in [2.75, 3.05) is 19.0 Å². The Balaban J connectivity index is 1.73. The summed E-state index contributed by atoms with van der Waals surface area (Å²) in [5, 5.41) is 14.1. The molecule has 0 aliphatic heterocycles. The van der Waals surface area contributed by atoms with E-state index in [1.54, 1.807) is 49.6 Å². The molecule has 122 valence electrons. The highest BCUT2D eigenvalue weighted by molar-refractivity contribution is 6.04. The van der Waals surface area contributed by atoms with Crippen LogP contribution in [0.3, 0.4) is 0 Å². The molecule has 3 aromatic rings. The smallest absolute Gasteiger partial charge is 0.262 e. The van der Waals surface area contributed by atoms with Gasteiger partial charge in [0.1, 0.15) is 5.75 Å². The predicted molar refractivity (Wildman–Crippen MR) is 92.7 cm³/mol. The number of carbonyl (C=O) groups is 1. The third-order valence-corrected chi connectivity index (χ3v) is 3.60. The number of hydrogen-bond donors (Lipinski definition) is 2. The number of hydrogen-bond acceptors (Lipinski definition) is 4. The monoisotopic (exact) mass is 323 g/mol. The quantitative estimate of drug-likeness (QED) is 0.753. The molecule has 3 rings (SSSR count). The minimum atomic E-state index is -0.295. The van der Waals surface area contributed by atoms with E-state index < -0.39 is 0 Å². The Kier molecular flexibility index (Phi) is 4.52. The maximum absolute atomic E-state index is 12.2. The number of phenols is 1. The van der Waals surface area contributed by atoms with Gasteiger partial charge < -0.3 is 19.9 Å². The molecular formula is C19H17NO4. The SMILES string of the molecule is COc1ccccc1OCC(=O)Nc1cccc2c(O)cccc12. The second-order valence-corrected chi connectivity index (χ2v) is 5.17. The largest absolute Gasteiger partial charge is 0.507 e. The normalized spacial score (nSPS) is 10.4. The van der Waals surface area contributed by atoms with Gasteiger partial charge in [0.15, 0.2) is 18.1 Å². The van der Waals surface area contributed by atoms with E-state index in [1.807, 2.05) is 18.2 Å². The number of rotatable bonds is 5. The minimum Gasteiger partial charge on any atom is -0.507 e. The van der Waals surface area contributed by atoms with Gasteiger partial charge in [-0.3, -0.25) is 4.79 Å². The van der Waals surface area contributed by atoms with Crippen molar-refractivity contribution in [1.29, 1.82) is 0 Å². The highest BCUT2D eigenvalue weighted by Crippen LogP contribution is 2.30. The van der Waals surface area contributed by atoms with Gasteiger partial charge in [0.05, 0.1) is 7.11 Å². The molecule has 1 amide bonds. The van der Waals surface area contributed by atoms with Crippen molar-refractivity contribution in [3.63, 3.8) is 0 Å². The van der Waals surface area contributed by atoms with Crippen molar-refractivity contribution < 1.29 is 19.4 Å². The molecule has 0 heterocycles. The van der Waals surface area contributed by atoms with Crippen LogP contribution in [-0.4, -0.2) is 24.7 Å². The molecule has 0 bridgehead atoms.